The van der Waals surface area contributed by atoms with Crippen molar-refractivity contribution in [1.82, 2.24) is 10.2 Å². The second-order valence-corrected chi connectivity index (χ2v) is 7.68. The summed E-state index contributed by atoms with van der Waals surface area (Å²) in [5, 5.41) is 3.44. The van der Waals surface area contributed by atoms with Gasteiger partial charge in [-0.05, 0) is 39.8 Å². The molecule has 1 saturated carbocycles. The molecule has 1 aliphatic carbocycles. The molecule has 2 rings (SSSR count). The van der Waals surface area contributed by atoms with Crippen LogP contribution in [0.4, 0.5) is 0 Å². The third-order valence-corrected chi connectivity index (χ3v) is 5.95. The number of sulfone groups is 1. The maximum atomic E-state index is 11.3. The van der Waals surface area contributed by atoms with E-state index < -0.39 is 9.84 Å². The van der Waals surface area contributed by atoms with Crippen LogP contribution in [-0.4, -0.2) is 57.0 Å². The molecule has 5 heteroatoms. The van der Waals surface area contributed by atoms with Gasteiger partial charge in [0.15, 0.2) is 9.84 Å². The first-order valence-corrected chi connectivity index (χ1v) is 7.87. The molecule has 0 amide bonds. The van der Waals surface area contributed by atoms with Crippen LogP contribution in [0.15, 0.2) is 0 Å². The van der Waals surface area contributed by atoms with Crippen LogP contribution in [0.3, 0.4) is 0 Å². The first kappa shape index (κ1) is 12.3. The molecular weight excluding hydrogens is 224 g/mol. The molecule has 0 radical (unpaired) electrons. The first-order chi connectivity index (χ1) is 7.44. The van der Waals surface area contributed by atoms with E-state index >= 15 is 0 Å². The minimum atomic E-state index is -2.75. The van der Waals surface area contributed by atoms with Gasteiger partial charge in [0.05, 0.1) is 11.5 Å². The molecule has 94 valence electrons. The van der Waals surface area contributed by atoms with Crippen molar-refractivity contribution in [3.63, 3.8) is 0 Å². The van der Waals surface area contributed by atoms with Crippen molar-refractivity contribution in [2.45, 2.75) is 37.3 Å². The number of nitrogens with zero attached hydrogens (tertiary/aromatic N) is 1. The average molecular weight is 246 g/mol. The summed E-state index contributed by atoms with van der Waals surface area (Å²) in [4.78, 5) is 2.28. The molecule has 1 atom stereocenters. The maximum Gasteiger partial charge on any atom is 0.151 e. The van der Waals surface area contributed by atoms with Gasteiger partial charge in [-0.25, -0.2) is 8.42 Å². The molecule has 0 aromatic rings. The summed E-state index contributed by atoms with van der Waals surface area (Å²) >= 11 is 0. The van der Waals surface area contributed by atoms with Gasteiger partial charge in [-0.1, -0.05) is 0 Å². The predicted molar refractivity (Wildman–Crippen MR) is 65.3 cm³/mol. The van der Waals surface area contributed by atoms with E-state index in [1.165, 1.54) is 19.3 Å². The van der Waals surface area contributed by atoms with Gasteiger partial charge < -0.3 is 10.2 Å². The number of nitrogens with one attached hydrogen (secondary N) is 1. The second kappa shape index (κ2) is 4.27. The van der Waals surface area contributed by atoms with Gasteiger partial charge in [-0.3, -0.25) is 0 Å². The molecular formula is C11H22N2O2S. The van der Waals surface area contributed by atoms with Gasteiger partial charge >= 0.3 is 0 Å². The van der Waals surface area contributed by atoms with Crippen molar-refractivity contribution in [2.24, 2.45) is 0 Å². The Labute approximate surface area is 98.3 Å². The van der Waals surface area contributed by atoms with E-state index in [4.69, 9.17) is 0 Å². The molecule has 0 aromatic carbocycles. The molecule has 2 aliphatic rings. The highest BCUT2D eigenvalue weighted by atomic mass is 32.2. The van der Waals surface area contributed by atoms with Crippen molar-refractivity contribution in [1.29, 1.82) is 0 Å². The Morgan fingerprint density at radius 3 is 2.44 bits per heavy atom. The Kier molecular flexibility index (Phi) is 3.29. The lowest BCUT2D eigenvalue weighted by Crippen LogP contribution is -2.57. The van der Waals surface area contributed by atoms with Crippen LogP contribution in [0, 0.1) is 0 Å². The normalized spacial score (nSPS) is 31.6. The monoisotopic (exact) mass is 246 g/mol. The Morgan fingerprint density at radius 2 is 2.06 bits per heavy atom. The standard InChI is InChI=1S/C11H22N2O2S/c1-13(2)11(5-3-6-11)9-12-10-4-7-16(14,15)8-10/h10,12H,3-9H2,1-2H3. The summed E-state index contributed by atoms with van der Waals surface area (Å²) in [6, 6.07) is 0.183. The number of likely N-dealkylation sites (N-methyl/N-ethyl adjacent to an activating group) is 1. The summed E-state index contributed by atoms with van der Waals surface area (Å²) in [5.41, 5.74) is 0.284. The summed E-state index contributed by atoms with van der Waals surface area (Å²) in [5.74, 6) is 0.691. The highest BCUT2D eigenvalue weighted by molar-refractivity contribution is 7.91. The summed E-state index contributed by atoms with van der Waals surface area (Å²) in [6.45, 7) is 0.931. The van der Waals surface area contributed by atoms with Gasteiger partial charge in [0.25, 0.3) is 0 Å². The smallest absolute Gasteiger partial charge is 0.151 e. The third kappa shape index (κ3) is 2.41. The van der Waals surface area contributed by atoms with Crippen LogP contribution < -0.4 is 5.32 Å². The fraction of sp³-hybridized carbons (Fsp3) is 1.00. The number of hydrogen-bond donors (Lipinski definition) is 1. The summed E-state index contributed by atoms with van der Waals surface area (Å²) < 4.78 is 22.7. The molecule has 1 N–H and O–H groups in total. The lowest BCUT2D eigenvalue weighted by atomic mass is 9.75. The fourth-order valence-corrected chi connectivity index (χ4v) is 4.37. The van der Waals surface area contributed by atoms with Crippen LogP contribution in [-0.2, 0) is 9.84 Å². The average Bonchev–Trinajstić information content (AvgIpc) is 2.43. The lowest BCUT2D eigenvalue weighted by molar-refractivity contribution is 0.0579. The van der Waals surface area contributed by atoms with E-state index in [0.717, 1.165) is 13.0 Å². The van der Waals surface area contributed by atoms with Crippen LogP contribution in [0.1, 0.15) is 25.7 Å². The largest absolute Gasteiger partial charge is 0.311 e. The molecule has 0 bridgehead atoms. The molecule has 1 unspecified atom stereocenters. The van der Waals surface area contributed by atoms with Crippen molar-refractivity contribution < 1.29 is 8.42 Å². The first-order valence-electron chi connectivity index (χ1n) is 6.05. The molecule has 1 heterocycles. The van der Waals surface area contributed by atoms with Crippen LogP contribution in [0.25, 0.3) is 0 Å². The molecule has 0 aromatic heterocycles. The van der Waals surface area contributed by atoms with Gasteiger partial charge in [-0.15, -0.1) is 0 Å². The second-order valence-electron chi connectivity index (χ2n) is 5.45. The Hall–Kier alpha value is -0.130. The molecule has 1 aliphatic heterocycles. The zero-order valence-electron chi connectivity index (χ0n) is 10.2. The van der Waals surface area contributed by atoms with Crippen molar-refractivity contribution in [3.05, 3.63) is 0 Å². The van der Waals surface area contributed by atoms with Crippen molar-refractivity contribution in [2.75, 3.05) is 32.1 Å². The molecule has 0 spiro atoms. The Balaban J connectivity index is 1.84. The molecule has 16 heavy (non-hydrogen) atoms. The highest BCUT2D eigenvalue weighted by Crippen LogP contribution is 2.35. The van der Waals surface area contributed by atoms with Crippen LogP contribution in [0.5, 0.6) is 0 Å². The zero-order chi connectivity index (χ0) is 11.8. The highest BCUT2D eigenvalue weighted by Gasteiger charge is 2.40. The van der Waals surface area contributed by atoms with E-state index in [9.17, 15) is 8.42 Å². The lowest BCUT2D eigenvalue weighted by Gasteiger charge is -2.48. The van der Waals surface area contributed by atoms with Crippen molar-refractivity contribution in [3.8, 4) is 0 Å². The quantitative estimate of drug-likeness (QED) is 0.772. The fourth-order valence-electron chi connectivity index (χ4n) is 2.66. The van der Waals surface area contributed by atoms with Crippen LogP contribution in [0.2, 0.25) is 0 Å². The van der Waals surface area contributed by atoms with Gasteiger partial charge in [-0.2, -0.15) is 0 Å². The van der Waals surface area contributed by atoms with Gasteiger partial charge in [0.1, 0.15) is 0 Å². The zero-order valence-corrected chi connectivity index (χ0v) is 11.0. The molecule has 4 nitrogen and oxygen atoms in total. The van der Waals surface area contributed by atoms with E-state index in [1.54, 1.807) is 0 Å². The van der Waals surface area contributed by atoms with E-state index in [1.807, 2.05) is 0 Å². The van der Waals surface area contributed by atoms with Crippen LogP contribution >= 0.6 is 0 Å². The third-order valence-electron chi connectivity index (χ3n) is 4.19. The van der Waals surface area contributed by atoms with E-state index in [2.05, 4.69) is 24.3 Å². The SMILES string of the molecule is CN(C)C1(CNC2CCS(=O)(=O)C2)CCC1. The topological polar surface area (TPSA) is 49.4 Å². The van der Waals surface area contributed by atoms with Gasteiger partial charge in [0, 0.05) is 18.1 Å². The minimum Gasteiger partial charge on any atom is -0.311 e. The molecule has 2 fully saturated rings. The van der Waals surface area contributed by atoms with Gasteiger partial charge in [0.2, 0.25) is 0 Å². The maximum absolute atomic E-state index is 11.3. The summed E-state index contributed by atoms with van der Waals surface area (Å²) in [7, 11) is 1.49. The Bertz CT molecular complexity index is 347. The van der Waals surface area contributed by atoms with Crippen molar-refractivity contribution >= 4 is 9.84 Å². The predicted octanol–water partition coefficient (Wildman–Crippen LogP) is 0.247. The summed E-state index contributed by atoms with van der Waals surface area (Å²) in [6.07, 6.45) is 4.54. The minimum absolute atomic E-state index is 0.183. The van der Waals surface area contributed by atoms with E-state index in [-0.39, 0.29) is 11.6 Å². The number of rotatable bonds is 4. The molecule has 1 saturated heterocycles. The van der Waals surface area contributed by atoms with E-state index in [0.29, 0.717) is 11.5 Å². The Morgan fingerprint density at radius 1 is 1.38 bits per heavy atom. The number of hydrogen-bond acceptors (Lipinski definition) is 4.